The predicted molar refractivity (Wildman–Crippen MR) is 77.8 cm³/mol. The lowest BCUT2D eigenvalue weighted by Crippen LogP contribution is -2.30. The van der Waals surface area contributed by atoms with E-state index in [1.807, 2.05) is 11.3 Å². The molecule has 2 heterocycles. The van der Waals surface area contributed by atoms with E-state index in [1.54, 1.807) is 0 Å². The third kappa shape index (κ3) is 3.51. The fourth-order valence-electron chi connectivity index (χ4n) is 2.11. The third-order valence-electron chi connectivity index (χ3n) is 2.94. The van der Waals surface area contributed by atoms with Crippen molar-refractivity contribution in [1.29, 1.82) is 0 Å². The molecule has 0 amide bonds. The van der Waals surface area contributed by atoms with Gasteiger partial charge >= 0.3 is 0 Å². The van der Waals surface area contributed by atoms with E-state index in [9.17, 15) is 0 Å². The van der Waals surface area contributed by atoms with Gasteiger partial charge in [-0.05, 0) is 30.9 Å². The van der Waals surface area contributed by atoms with Gasteiger partial charge in [-0.15, -0.1) is 19.9 Å². The van der Waals surface area contributed by atoms with Gasteiger partial charge in [-0.1, -0.05) is 13.8 Å². The molecule has 0 bridgehead atoms. The van der Waals surface area contributed by atoms with Gasteiger partial charge in [0.15, 0.2) is 0 Å². The van der Waals surface area contributed by atoms with Crippen LogP contribution in [0.2, 0.25) is 0 Å². The van der Waals surface area contributed by atoms with Crippen molar-refractivity contribution in [2.75, 3.05) is 19.8 Å². The SMILES string of the molecule is CPCc1cc2c(s1)[C@@H](CNC(C)C)OCC2. The Hall–Kier alpha value is 0.0500. The maximum atomic E-state index is 5.90. The highest BCUT2D eigenvalue weighted by atomic mass is 32.1. The van der Waals surface area contributed by atoms with E-state index in [0.717, 1.165) is 28.2 Å². The number of rotatable bonds is 5. The summed E-state index contributed by atoms with van der Waals surface area (Å²) in [6, 6.07) is 2.93. The minimum Gasteiger partial charge on any atom is -0.371 e. The van der Waals surface area contributed by atoms with Crippen LogP contribution in [0.25, 0.3) is 0 Å². The summed E-state index contributed by atoms with van der Waals surface area (Å²) in [5.74, 6) is 0. The van der Waals surface area contributed by atoms with Crippen LogP contribution >= 0.6 is 19.9 Å². The first-order valence-corrected chi connectivity index (χ1v) is 8.84. The van der Waals surface area contributed by atoms with Crippen molar-refractivity contribution in [3.05, 3.63) is 21.4 Å². The predicted octanol–water partition coefficient (Wildman–Crippen LogP) is 3.17. The number of nitrogens with one attached hydrogen (secondary N) is 1. The minimum atomic E-state index is 0.278. The first kappa shape index (κ1) is 13.5. The minimum absolute atomic E-state index is 0.278. The van der Waals surface area contributed by atoms with Crippen LogP contribution in [-0.4, -0.2) is 25.9 Å². The molecule has 0 radical (unpaired) electrons. The van der Waals surface area contributed by atoms with Gasteiger partial charge in [0.2, 0.25) is 0 Å². The van der Waals surface area contributed by atoms with Crippen molar-refractivity contribution in [3.8, 4) is 0 Å². The molecule has 96 valence electrons. The maximum Gasteiger partial charge on any atom is 0.104 e. The highest BCUT2D eigenvalue weighted by Gasteiger charge is 2.23. The van der Waals surface area contributed by atoms with E-state index in [4.69, 9.17) is 4.74 Å². The zero-order valence-electron chi connectivity index (χ0n) is 10.9. The molecule has 0 aliphatic carbocycles. The Morgan fingerprint density at radius 2 is 2.41 bits per heavy atom. The smallest absolute Gasteiger partial charge is 0.104 e. The van der Waals surface area contributed by atoms with Crippen LogP contribution in [0, 0.1) is 0 Å². The molecule has 17 heavy (non-hydrogen) atoms. The number of fused-ring (bicyclic) bond motifs is 1. The zero-order valence-corrected chi connectivity index (χ0v) is 12.7. The summed E-state index contributed by atoms with van der Waals surface area (Å²) in [7, 11) is 1.01. The number of hydrogen-bond donors (Lipinski definition) is 1. The maximum absolute atomic E-state index is 5.90. The molecule has 4 heteroatoms. The summed E-state index contributed by atoms with van der Waals surface area (Å²) in [4.78, 5) is 3.01. The molecule has 1 aromatic heterocycles. The van der Waals surface area contributed by atoms with Crippen molar-refractivity contribution in [1.82, 2.24) is 5.32 Å². The molecule has 2 atom stereocenters. The van der Waals surface area contributed by atoms with Gasteiger partial charge in [0.05, 0.1) is 6.61 Å². The first-order chi connectivity index (χ1) is 8.20. The first-order valence-electron chi connectivity index (χ1n) is 6.31. The van der Waals surface area contributed by atoms with E-state index in [2.05, 4.69) is 31.9 Å². The van der Waals surface area contributed by atoms with Crippen molar-refractivity contribution in [3.63, 3.8) is 0 Å². The summed E-state index contributed by atoms with van der Waals surface area (Å²) in [5.41, 5.74) is 1.53. The van der Waals surface area contributed by atoms with Crippen molar-refractivity contribution < 1.29 is 4.74 Å². The van der Waals surface area contributed by atoms with Crippen molar-refractivity contribution in [2.24, 2.45) is 0 Å². The second-order valence-electron chi connectivity index (χ2n) is 4.80. The summed E-state index contributed by atoms with van der Waals surface area (Å²) >= 11 is 1.96. The average Bonchev–Trinajstić information content (AvgIpc) is 2.69. The number of ether oxygens (including phenoxy) is 1. The molecular weight excluding hydrogens is 249 g/mol. The Balaban J connectivity index is 2.07. The molecule has 0 saturated carbocycles. The molecule has 2 rings (SSSR count). The Morgan fingerprint density at radius 1 is 1.59 bits per heavy atom. The van der Waals surface area contributed by atoms with Crippen LogP contribution in [0.4, 0.5) is 0 Å². The Kier molecular flexibility index (Phi) is 4.98. The van der Waals surface area contributed by atoms with Crippen LogP contribution < -0.4 is 5.32 Å². The lowest BCUT2D eigenvalue weighted by Gasteiger charge is -2.24. The molecule has 1 unspecified atom stereocenters. The topological polar surface area (TPSA) is 21.3 Å². The molecule has 2 nitrogen and oxygen atoms in total. The monoisotopic (exact) mass is 271 g/mol. The van der Waals surface area contributed by atoms with Gasteiger partial charge in [-0.3, -0.25) is 0 Å². The van der Waals surface area contributed by atoms with Crippen LogP contribution in [0.1, 0.15) is 35.3 Å². The van der Waals surface area contributed by atoms with Gasteiger partial charge in [0, 0.05) is 22.3 Å². The Labute approximate surface area is 110 Å². The molecule has 0 spiro atoms. The molecule has 1 aliphatic heterocycles. The summed E-state index contributed by atoms with van der Waals surface area (Å²) in [5, 5.41) is 3.48. The average molecular weight is 271 g/mol. The van der Waals surface area contributed by atoms with Gasteiger partial charge in [-0.2, -0.15) is 0 Å². The fourth-order valence-corrected chi connectivity index (χ4v) is 4.34. The highest BCUT2D eigenvalue weighted by molar-refractivity contribution is 7.36. The van der Waals surface area contributed by atoms with E-state index >= 15 is 0 Å². The highest BCUT2D eigenvalue weighted by Crippen LogP contribution is 2.36. The largest absolute Gasteiger partial charge is 0.371 e. The normalized spacial score (nSPS) is 20.4. The second-order valence-corrected chi connectivity index (χ2v) is 7.03. The van der Waals surface area contributed by atoms with Crippen LogP contribution in [0.5, 0.6) is 0 Å². The molecule has 1 aromatic rings. The van der Waals surface area contributed by atoms with Crippen LogP contribution in [-0.2, 0) is 17.3 Å². The van der Waals surface area contributed by atoms with Gasteiger partial charge in [0.25, 0.3) is 0 Å². The van der Waals surface area contributed by atoms with Gasteiger partial charge < -0.3 is 10.1 Å². The molecule has 1 aliphatic rings. The number of hydrogen-bond acceptors (Lipinski definition) is 3. The van der Waals surface area contributed by atoms with E-state index in [0.29, 0.717) is 6.04 Å². The lowest BCUT2D eigenvalue weighted by atomic mass is 10.1. The van der Waals surface area contributed by atoms with Crippen molar-refractivity contribution in [2.45, 2.75) is 38.6 Å². The van der Waals surface area contributed by atoms with Gasteiger partial charge in [0.1, 0.15) is 6.10 Å². The van der Waals surface area contributed by atoms with Gasteiger partial charge in [-0.25, -0.2) is 0 Å². The Morgan fingerprint density at radius 3 is 3.12 bits per heavy atom. The summed E-state index contributed by atoms with van der Waals surface area (Å²) < 4.78 is 5.90. The fraction of sp³-hybridized carbons (Fsp3) is 0.692. The quantitative estimate of drug-likeness (QED) is 0.831. The van der Waals surface area contributed by atoms with Crippen LogP contribution in [0.15, 0.2) is 6.07 Å². The van der Waals surface area contributed by atoms with Crippen LogP contribution in [0.3, 0.4) is 0 Å². The summed E-state index contributed by atoms with van der Waals surface area (Å²) in [6.45, 7) is 8.46. The zero-order chi connectivity index (χ0) is 12.3. The number of thiophene rings is 1. The summed E-state index contributed by atoms with van der Waals surface area (Å²) in [6.07, 6.45) is 2.61. The third-order valence-corrected chi connectivity index (χ3v) is 5.20. The van der Waals surface area contributed by atoms with E-state index in [-0.39, 0.29) is 6.10 Å². The molecule has 1 N–H and O–H groups in total. The van der Waals surface area contributed by atoms with Crippen molar-refractivity contribution >= 4 is 19.9 Å². The molecule has 0 saturated heterocycles. The molecular formula is C13H22NOPS. The second kappa shape index (κ2) is 6.29. The van der Waals surface area contributed by atoms with E-state index < -0.39 is 0 Å². The van der Waals surface area contributed by atoms with E-state index in [1.165, 1.54) is 21.5 Å². The Bertz CT molecular complexity index is 364. The molecule has 0 fully saturated rings. The standard InChI is InChI=1S/C13H22NOPS/c1-9(2)14-7-12-13-10(4-5-15-12)6-11(17-13)8-16-3/h6,9,12,14,16H,4-5,7-8H2,1-3H3/t12-/m1/s1. The lowest BCUT2D eigenvalue weighted by molar-refractivity contribution is 0.0443. The molecule has 0 aromatic carbocycles.